The van der Waals surface area contributed by atoms with Crippen molar-refractivity contribution in [2.24, 2.45) is 0 Å². The molecule has 0 atom stereocenters. The van der Waals surface area contributed by atoms with E-state index in [1.165, 1.54) is 29.5 Å². The fraction of sp³-hybridized carbons (Fsp3) is 0.130. The molecule has 0 unspecified atom stereocenters. The number of para-hydroxylation sites is 2. The van der Waals surface area contributed by atoms with Gasteiger partial charge in [0.2, 0.25) is 0 Å². The van der Waals surface area contributed by atoms with Gasteiger partial charge in [0.25, 0.3) is 11.8 Å². The van der Waals surface area contributed by atoms with Gasteiger partial charge in [-0.3, -0.25) is 9.59 Å². The van der Waals surface area contributed by atoms with Crippen LogP contribution in [-0.2, 0) is 9.59 Å². The maximum atomic E-state index is 13.7. The van der Waals surface area contributed by atoms with Crippen LogP contribution in [0, 0.1) is 5.82 Å². The highest BCUT2D eigenvalue weighted by Gasteiger charge is 2.41. The molecule has 1 aliphatic heterocycles. The molecule has 1 aromatic heterocycles. The SMILES string of the molecule is CC(C)Oc1ccccc1N1C(=O)C(Nc2cccc(F)c2)=C(c2cccs2)C1=O. The molecular weight excluding hydrogens is 403 g/mol. The van der Waals surface area contributed by atoms with Crippen molar-refractivity contribution < 1.29 is 18.7 Å². The molecule has 7 heteroatoms. The maximum absolute atomic E-state index is 13.7. The van der Waals surface area contributed by atoms with Crippen LogP contribution in [0.5, 0.6) is 5.75 Å². The Morgan fingerprint density at radius 1 is 1.00 bits per heavy atom. The van der Waals surface area contributed by atoms with Crippen molar-refractivity contribution in [1.29, 1.82) is 0 Å². The number of hydrogen-bond donors (Lipinski definition) is 1. The number of amides is 2. The first-order chi connectivity index (χ1) is 14.5. The largest absolute Gasteiger partial charge is 0.489 e. The summed E-state index contributed by atoms with van der Waals surface area (Å²) in [6, 6.07) is 16.3. The Hall–Kier alpha value is -3.45. The highest BCUT2D eigenvalue weighted by atomic mass is 32.1. The van der Waals surface area contributed by atoms with Crippen molar-refractivity contribution >= 4 is 40.1 Å². The molecule has 1 aliphatic rings. The first kappa shape index (κ1) is 19.8. The quantitative estimate of drug-likeness (QED) is 0.564. The molecule has 0 aliphatic carbocycles. The molecule has 0 saturated carbocycles. The van der Waals surface area contributed by atoms with Crippen molar-refractivity contribution in [3.8, 4) is 5.75 Å². The van der Waals surface area contributed by atoms with Crippen molar-refractivity contribution in [2.75, 3.05) is 10.2 Å². The lowest BCUT2D eigenvalue weighted by Gasteiger charge is -2.20. The van der Waals surface area contributed by atoms with Crippen molar-refractivity contribution in [3.05, 3.63) is 82.4 Å². The fourth-order valence-electron chi connectivity index (χ4n) is 3.22. The third-order valence-corrected chi connectivity index (χ3v) is 5.30. The van der Waals surface area contributed by atoms with Crippen LogP contribution in [0.3, 0.4) is 0 Å². The van der Waals surface area contributed by atoms with E-state index in [0.717, 1.165) is 4.90 Å². The molecule has 2 amide bonds. The molecule has 0 bridgehead atoms. The van der Waals surface area contributed by atoms with E-state index in [2.05, 4.69) is 5.32 Å². The van der Waals surface area contributed by atoms with Crippen LogP contribution in [0.15, 0.2) is 71.7 Å². The van der Waals surface area contributed by atoms with Crippen molar-refractivity contribution in [1.82, 2.24) is 0 Å². The summed E-state index contributed by atoms with van der Waals surface area (Å²) in [7, 11) is 0. The van der Waals surface area contributed by atoms with Crippen LogP contribution in [-0.4, -0.2) is 17.9 Å². The number of imide groups is 1. The molecule has 1 N–H and O–H groups in total. The van der Waals surface area contributed by atoms with Gasteiger partial charge in [0, 0.05) is 10.6 Å². The maximum Gasteiger partial charge on any atom is 0.282 e. The molecule has 0 spiro atoms. The van der Waals surface area contributed by atoms with Gasteiger partial charge >= 0.3 is 0 Å². The van der Waals surface area contributed by atoms with Crippen molar-refractivity contribution in [2.45, 2.75) is 20.0 Å². The zero-order valence-corrected chi connectivity index (χ0v) is 17.2. The minimum atomic E-state index is -0.521. The van der Waals surface area contributed by atoms with E-state index in [1.54, 1.807) is 36.4 Å². The van der Waals surface area contributed by atoms with Crippen LogP contribution in [0.2, 0.25) is 0 Å². The third kappa shape index (κ3) is 3.71. The molecule has 3 aromatic rings. The summed E-state index contributed by atoms with van der Waals surface area (Å²) in [5, 5.41) is 4.79. The number of nitrogens with one attached hydrogen (secondary N) is 1. The molecule has 4 rings (SSSR count). The predicted molar refractivity (Wildman–Crippen MR) is 116 cm³/mol. The normalized spacial score (nSPS) is 14.1. The Labute approximate surface area is 177 Å². The third-order valence-electron chi connectivity index (χ3n) is 4.41. The number of carbonyl (C=O) groups excluding carboxylic acids is 2. The smallest absolute Gasteiger partial charge is 0.282 e. The van der Waals surface area contributed by atoms with Gasteiger partial charge in [-0.15, -0.1) is 11.3 Å². The zero-order valence-electron chi connectivity index (χ0n) is 16.4. The summed E-state index contributed by atoms with van der Waals surface area (Å²) in [5.74, 6) is -0.983. The Bertz CT molecular complexity index is 1140. The summed E-state index contributed by atoms with van der Waals surface area (Å²) in [5.41, 5.74) is 1.10. The number of rotatable bonds is 6. The van der Waals surface area contributed by atoms with Gasteiger partial charge in [0.15, 0.2) is 0 Å². The number of nitrogens with zero attached hydrogens (tertiary/aromatic N) is 1. The van der Waals surface area contributed by atoms with Gasteiger partial charge in [-0.2, -0.15) is 0 Å². The first-order valence-electron chi connectivity index (χ1n) is 9.41. The number of halogens is 1. The van der Waals surface area contributed by atoms with E-state index in [0.29, 0.717) is 22.0 Å². The first-order valence-corrected chi connectivity index (χ1v) is 10.3. The number of benzene rings is 2. The number of hydrogen-bond acceptors (Lipinski definition) is 5. The van der Waals surface area contributed by atoms with E-state index in [4.69, 9.17) is 4.74 Å². The second kappa shape index (κ2) is 8.12. The van der Waals surface area contributed by atoms with E-state index in [1.807, 2.05) is 25.3 Å². The Morgan fingerprint density at radius 3 is 2.50 bits per heavy atom. The molecule has 0 fully saturated rings. The van der Waals surface area contributed by atoms with Gasteiger partial charge in [0.05, 0.1) is 17.4 Å². The Balaban J connectivity index is 1.80. The standard InChI is InChI=1S/C23H19FN2O3S/c1-14(2)29-18-10-4-3-9-17(18)26-22(27)20(19-11-6-12-30-19)21(23(26)28)25-16-8-5-7-15(24)13-16/h3-14,25H,1-2H3. The lowest BCUT2D eigenvalue weighted by Crippen LogP contribution is -2.33. The van der Waals surface area contributed by atoms with Crippen LogP contribution < -0.4 is 15.0 Å². The lowest BCUT2D eigenvalue weighted by molar-refractivity contribution is -0.120. The summed E-state index contributed by atoms with van der Waals surface area (Å²) in [4.78, 5) is 28.5. The number of carbonyl (C=O) groups is 2. The van der Waals surface area contributed by atoms with Crippen LogP contribution in [0.25, 0.3) is 5.57 Å². The molecule has 0 saturated heterocycles. The number of ether oxygens (including phenoxy) is 1. The highest BCUT2D eigenvalue weighted by molar-refractivity contribution is 7.11. The Morgan fingerprint density at radius 2 is 1.80 bits per heavy atom. The van der Waals surface area contributed by atoms with E-state index in [9.17, 15) is 14.0 Å². The van der Waals surface area contributed by atoms with Crippen LogP contribution in [0.4, 0.5) is 15.8 Å². The lowest BCUT2D eigenvalue weighted by atomic mass is 10.2. The van der Waals surface area contributed by atoms with Crippen LogP contribution in [0.1, 0.15) is 18.7 Å². The average Bonchev–Trinajstić information content (AvgIpc) is 3.30. The molecule has 5 nitrogen and oxygen atoms in total. The Kier molecular flexibility index (Phi) is 5.37. The second-order valence-corrected chi connectivity index (χ2v) is 7.89. The fourth-order valence-corrected chi connectivity index (χ4v) is 3.99. The van der Waals surface area contributed by atoms with Crippen molar-refractivity contribution in [3.63, 3.8) is 0 Å². The molecule has 0 radical (unpaired) electrons. The number of thiophene rings is 1. The van der Waals surface area contributed by atoms with E-state index < -0.39 is 17.6 Å². The van der Waals surface area contributed by atoms with Gasteiger partial charge < -0.3 is 10.1 Å². The van der Waals surface area contributed by atoms with Crippen LogP contribution >= 0.6 is 11.3 Å². The second-order valence-electron chi connectivity index (χ2n) is 6.94. The minimum Gasteiger partial charge on any atom is -0.489 e. The summed E-state index contributed by atoms with van der Waals surface area (Å²) in [6.45, 7) is 3.74. The average molecular weight is 422 g/mol. The molecule has 152 valence electrons. The molecule has 2 aromatic carbocycles. The summed E-state index contributed by atoms with van der Waals surface area (Å²) < 4.78 is 19.5. The molecule has 2 heterocycles. The zero-order chi connectivity index (χ0) is 21.3. The van der Waals surface area contributed by atoms with E-state index >= 15 is 0 Å². The summed E-state index contributed by atoms with van der Waals surface area (Å²) in [6.07, 6.45) is -0.131. The van der Waals surface area contributed by atoms with E-state index in [-0.39, 0.29) is 17.4 Å². The van der Waals surface area contributed by atoms with Gasteiger partial charge in [-0.25, -0.2) is 9.29 Å². The number of anilines is 2. The van der Waals surface area contributed by atoms with Gasteiger partial charge in [-0.1, -0.05) is 24.3 Å². The van der Waals surface area contributed by atoms with Gasteiger partial charge in [0.1, 0.15) is 17.3 Å². The summed E-state index contributed by atoms with van der Waals surface area (Å²) >= 11 is 1.35. The monoisotopic (exact) mass is 422 g/mol. The molecular formula is C23H19FN2O3S. The topological polar surface area (TPSA) is 58.6 Å². The minimum absolute atomic E-state index is 0.104. The predicted octanol–water partition coefficient (Wildman–Crippen LogP) is 5.07. The highest BCUT2D eigenvalue weighted by Crippen LogP contribution is 2.39. The van der Waals surface area contributed by atoms with Gasteiger partial charge in [-0.05, 0) is 55.6 Å². The molecule has 30 heavy (non-hydrogen) atoms.